The number of aliphatic hydroxyl groups excluding tert-OH is 1. The Labute approximate surface area is 124 Å². The lowest BCUT2D eigenvalue weighted by atomic mass is 9.90. The molecule has 21 heavy (non-hydrogen) atoms. The molecular weight excluding hydrogens is 274 g/mol. The minimum atomic E-state index is -0.959. The maximum absolute atomic E-state index is 11.9. The Balaban J connectivity index is 2.97. The third-order valence-electron chi connectivity index (χ3n) is 3.52. The summed E-state index contributed by atoms with van der Waals surface area (Å²) in [6, 6.07) is -0.723. The summed E-state index contributed by atoms with van der Waals surface area (Å²) in [7, 11) is 0. The molecule has 0 fully saturated rings. The monoisotopic (exact) mass is 297 g/mol. The summed E-state index contributed by atoms with van der Waals surface area (Å²) < 4.78 is 10.8. The van der Waals surface area contributed by atoms with Gasteiger partial charge in [0, 0.05) is 10.5 Å². The number of carbonyl (C=O) groups excluding carboxylic acids is 1. The van der Waals surface area contributed by atoms with Crippen LogP contribution in [0.15, 0.2) is 16.8 Å². The van der Waals surface area contributed by atoms with Crippen molar-refractivity contribution >= 4 is 5.97 Å². The lowest BCUT2D eigenvalue weighted by molar-refractivity contribution is -0.139. The molecule has 0 saturated heterocycles. The van der Waals surface area contributed by atoms with E-state index in [0.29, 0.717) is 5.57 Å². The molecule has 3 atom stereocenters. The van der Waals surface area contributed by atoms with E-state index in [1.54, 1.807) is 13.0 Å². The van der Waals surface area contributed by atoms with Crippen LogP contribution in [0.25, 0.3) is 10.4 Å². The van der Waals surface area contributed by atoms with Crippen LogP contribution in [0.3, 0.4) is 0 Å². The first kappa shape index (κ1) is 17.5. The fourth-order valence-electron chi connectivity index (χ4n) is 2.30. The van der Waals surface area contributed by atoms with E-state index in [0.717, 1.165) is 12.8 Å². The predicted molar refractivity (Wildman–Crippen MR) is 77.5 cm³/mol. The number of hydrogen-bond acceptors (Lipinski definition) is 5. The Kier molecular flexibility index (Phi) is 7.22. The number of rotatable bonds is 7. The highest BCUT2D eigenvalue weighted by molar-refractivity contribution is 5.89. The molecule has 0 radical (unpaired) electrons. The summed E-state index contributed by atoms with van der Waals surface area (Å²) in [4.78, 5) is 14.6. The first-order chi connectivity index (χ1) is 10.1. The van der Waals surface area contributed by atoms with Crippen molar-refractivity contribution in [2.45, 2.75) is 64.4 Å². The Morgan fingerprint density at radius 2 is 2.19 bits per heavy atom. The smallest absolute Gasteiger partial charge is 0.333 e. The number of hydrogen-bond donors (Lipinski definition) is 1. The summed E-state index contributed by atoms with van der Waals surface area (Å²) >= 11 is 0. The van der Waals surface area contributed by atoms with E-state index in [1.165, 1.54) is 0 Å². The van der Waals surface area contributed by atoms with Gasteiger partial charge >= 0.3 is 5.97 Å². The summed E-state index contributed by atoms with van der Waals surface area (Å²) in [6.45, 7) is 5.97. The molecule has 0 aromatic rings. The summed E-state index contributed by atoms with van der Waals surface area (Å²) in [6.07, 6.45) is 1.70. The molecule has 118 valence electrons. The zero-order valence-corrected chi connectivity index (χ0v) is 12.7. The molecule has 7 nitrogen and oxygen atoms in total. The van der Waals surface area contributed by atoms with Gasteiger partial charge in [0.05, 0.1) is 24.9 Å². The van der Waals surface area contributed by atoms with E-state index in [2.05, 4.69) is 10.0 Å². The van der Waals surface area contributed by atoms with Gasteiger partial charge in [0.15, 0.2) is 0 Å². The third kappa shape index (κ3) is 4.74. The van der Waals surface area contributed by atoms with E-state index in [4.69, 9.17) is 15.0 Å². The lowest BCUT2D eigenvalue weighted by Gasteiger charge is -2.32. The van der Waals surface area contributed by atoms with Gasteiger partial charge in [-0.2, -0.15) is 0 Å². The molecular formula is C14H23N3O4. The normalized spacial score (nSPS) is 25.2. The molecule has 0 amide bonds. The molecule has 0 heterocycles. The van der Waals surface area contributed by atoms with Gasteiger partial charge in [-0.3, -0.25) is 0 Å². The van der Waals surface area contributed by atoms with E-state index >= 15 is 0 Å². The zero-order chi connectivity index (χ0) is 15.8. The highest BCUT2D eigenvalue weighted by atomic mass is 16.5. The second-order valence-corrected chi connectivity index (χ2v) is 4.92. The molecule has 1 rings (SSSR count). The van der Waals surface area contributed by atoms with Crippen molar-refractivity contribution in [3.05, 3.63) is 22.1 Å². The Hall–Kier alpha value is -1.56. The van der Waals surface area contributed by atoms with Gasteiger partial charge in [0.25, 0.3) is 0 Å². The SMILES string of the molecule is CCOC(=O)C1=C[C@@H](OC(CC)CC)[C@@H](O)[C@H](N=[N+]=[N-])C1. The van der Waals surface area contributed by atoms with Crippen LogP contribution >= 0.6 is 0 Å². The van der Waals surface area contributed by atoms with Crippen molar-refractivity contribution in [3.8, 4) is 0 Å². The second kappa shape index (κ2) is 8.67. The molecule has 0 aromatic heterocycles. The van der Waals surface area contributed by atoms with E-state index in [-0.39, 0.29) is 19.1 Å². The van der Waals surface area contributed by atoms with Crippen LogP contribution in [-0.4, -0.2) is 42.0 Å². The van der Waals surface area contributed by atoms with E-state index in [9.17, 15) is 9.90 Å². The maximum Gasteiger partial charge on any atom is 0.333 e. The van der Waals surface area contributed by atoms with Gasteiger partial charge in [-0.15, -0.1) is 0 Å². The Morgan fingerprint density at radius 3 is 2.71 bits per heavy atom. The van der Waals surface area contributed by atoms with E-state index in [1.807, 2.05) is 13.8 Å². The van der Waals surface area contributed by atoms with Crippen molar-refractivity contribution in [2.75, 3.05) is 6.61 Å². The molecule has 1 aliphatic carbocycles. The lowest BCUT2D eigenvalue weighted by Crippen LogP contribution is -2.43. The molecule has 0 aromatic carbocycles. The molecule has 0 spiro atoms. The second-order valence-electron chi connectivity index (χ2n) is 4.92. The number of ether oxygens (including phenoxy) is 2. The molecule has 7 heteroatoms. The van der Waals surface area contributed by atoms with Crippen molar-refractivity contribution < 1.29 is 19.4 Å². The molecule has 1 N–H and O–H groups in total. The predicted octanol–water partition coefficient (Wildman–Crippen LogP) is 2.49. The van der Waals surface area contributed by atoms with Crippen LogP contribution in [0.1, 0.15) is 40.0 Å². The number of aliphatic hydroxyl groups is 1. The minimum absolute atomic E-state index is 0.0193. The summed E-state index contributed by atoms with van der Waals surface area (Å²) in [5.74, 6) is -0.458. The third-order valence-corrected chi connectivity index (χ3v) is 3.52. The van der Waals surface area contributed by atoms with Gasteiger partial charge < -0.3 is 14.6 Å². The molecule has 0 aliphatic heterocycles. The van der Waals surface area contributed by atoms with Crippen molar-refractivity contribution in [1.29, 1.82) is 0 Å². The minimum Gasteiger partial charge on any atom is -0.463 e. The number of azide groups is 1. The van der Waals surface area contributed by atoms with Crippen molar-refractivity contribution in [1.82, 2.24) is 0 Å². The topological polar surface area (TPSA) is 105 Å². The van der Waals surface area contributed by atoms with Gasteiger partial charge in [-0.05, 0) is 37.8 Å². The first-order valence-electron chi connectivity index (χ1n) is 7.32. The average molecular weight is 297 g/mol. The van der Waals surface area contributed by atoms with Crippen LogP contribution in [0.4, 0.5) is 0 Å². The average Bonchev–Trinajstić information content (AvgIpc) is 2.48. The quantitative estimate of drug-likeness (QED) is 0.337. The summed E-state index contributed by atoms with van der Waals surface area (Å²) in [5.41, 5.74) is 8.98. The highest BCUT2D eigenvalue weighted by Crippen LogP contribution is 2.26. The number of nitrogens with zero attached hydrogens (tertiary/aromatic N) is 3. The largest absolute Gasteiger partial charge is 0.463 e. The molecule has 0 bridgehead atoms. The van der Waals surface area contributed by atoms with Crippen LogP contribution < -0.4 is 0 Å². The van der Waals surface area contributed by atoms with Gasteiger partial charge in [0.2, 0.25) is 0 Å². The fraction of sp³-hybridized carbons (Fsp3) is 0.786. The Bertz CT molecular complexity index is 428. The van der Waals surface area contributed by atoms with Crippen molar-refractivity contribution in [2.24, 2.45) is 5.11 Å². The molecule has 1 aliphatic rings. The van der Waals surface area contributed by atoms with Crippen LogP contribution in [0.5, 0.6) is 0 Å². The molecule has 0 unspecified atom stereocenters. The maximum atomic E-state index is 11.9. The van der Waals surface area contributed by atoms with Crippen molar-refractivity contribution in [3.63, 3.8) is 0 Å². The van der Waals surface area contributed by atoms with Gasteiger partial charge in [0.1, 0.15) is 6.10 Å². The van der Waals surface area contributed by atoms with Gasteiger partial charge in [-0.25, -0.2) is 4.79 Å². The number of esters is 1. The fourth-order valence-corrected chi connectivity index (χ4v) is 2.30. The van der Waals surface area contributed by atoms with Crippen LogP contribution in [-0.2, 0) is 14.3 Å². The van der Waals surface area contributed by atoms with E-state index < -0.39 is 24.2 Å². The zero-order valence-electron chi connectivity index (χ0n) is 12.7. The van der Waals surface area contributed by atoms with Gasteiger partial charge in [-0.1, -0.05) is 19.0 Å². The molecule has 0 saturated carbocycles. The first-order valence-corrected chi connectivity index (χ1v) is 7.32. The highest BCUT2D eigenvalue weighted by Gasteiger charge is 2.35. The Morgan fingerprint density at radius 1 is 1.52 bits per heavy atom. The summed E-state index contributed by atoms with van der Waals surface area (Å²) in [5, 5.41) is 13.8. The van der Waals surface area contributed by atoms with Crippen LogP contribution in [0, 0.1) is 0 Å². The van der Waals surface area contributed by atoms with Crippen LogP contribution in [0.2, 0.25) is 0 Å². The number of carbonyl (C=O) groups is 1. The standard InChI is InChI=1S/C14H23N3O4/c1-4-10(5-2)21-12-8-9(14(19)20-6-3)7-11(13(12)18)16-17-15/h8,10-13,18H,4-7H2,1-3H3/t11-,12-,13+/m1/s1.